The predicted molar refractivity (Wildman–Crippen MR) is 128 cm³/mol. The van der Waals surface area contributed by atoms with Gasteiger partial charge in [0.25, 0.3) is 0 Å². The standard InChI is InChI=1S/C26H25N3O4/c1-18-23(28-26(33-18)22-15-21(30-2)13-14-25(22)31-3)17-32-24-12-8-7-9-19(24)16-27-29-20-10-5-4-6-11-20/h4-16,29H,17H2,1-3H3. The summed E-state index contributed by atoms with van der Waals surface area (Å²) in [5.41, 5.74) is 6.17. The average molecular weight is 444 g/mol. The third-order valence-electron chi connectivity index (χ3n) is 4.98. The van der Waals surface area contributed by atoms with Crippen LogP contribution in [0.25, 0.3) is 11.5 Å². The molecule has 0 fully saturated rings. The molecule has 0 saturated carbocycles. The van der Waals surface area contributed by atoms with Crippen molar-refractivity contribution in [1.29, 1.82) is 0 Å². The van der Waals surface area contributed by atoms with Crippen molar-refractivity contribution in [3.05, 3.63) is 89.8 Å². The topological polar surface area (TPSA) is 78.1 Å². The van der Waals surface area contributed by atoms with Crippen LogP contribution in [0, 0.1) is 6.92 Å². The molecule has 0 radical (unpaired) electrons. The van der Waals surface area contributed by atoms with E-state index >= 15 is 0 Å². The van der Waals surface area contributed by atoms with Crippen molar-refractivity contribution >= 4 is 11.9 Å². The molecule has 0 atom stereocenters. The van der Waals surface area contributed by atoms with E-state index in [0.717, 1.165) is 11.3 Å². The molecule has 168 valence electrons. The molecule has 0 saturated heterocycles. The zero-order chi connectivity index (χ0) is 23.0. The molecule has 3 aromatic carbocycles. The van der Waals surface area contributed by atoms with Gasteiger partial charge in [-0.1, -0.05) is 30.3 Å². The molecule has 7 nitrogen and oxygen atoms in total. The Bertz CT molecular complexity index is 1240. The highest BCUT2D eigenvalue weighted by molar-refractivity contribution is 5.84. The normalized spacial score (nSPS) is 10.9. The molecule has 0 spiro atoms. The molecular weight excluding hydrogens is 418 g/mol. The summed E-state index contributed by atoms with van der Waals surface area (Å²) in [5.74, 6) is 3.16. The summed E-state index contributed by atoms with van der Waals surface area (Å²) in [5, 5.41) is 4.31. The van der Waals surface area contributed by atoms with E-state index in [-0.39, 0.29) is 6.61 Å². The van der Waals surface area contributed by atoms with Crippen LogP contribution in [0.15, 0.2) is 82.3 Å². The van der Waals surface area contributed by atoms with Crippen molar-refractivity contribution in [2.45, 2.75) is 13.5 Å². The van der Waals surface area contributed by atoms with Crippen molar-refractivity contribution in [2.75, 3.05) is 19.6 Å². The van der Waals surface area contributed by atoms with Crippen LogP contribution in [0.4, 0.5) is 5.69 Å². The minimum Gasteiger partial charge on any atom is -0.497 e. The number of hydrogen-bond acceptors (Lipinski definition) is 7. The molecule has 1 aromatic heterocycles. The molecule has 4 rings (SSSR count). The number of anilines is 1. The lowest BCUT2D eigenvalue weighted by molar-refractivity contribution is 0.299. The van der Waals surface area contributed by atoms with Crippen LogP contribution in [-0.2, 0) is 6.61 Å². The van der Waals surface area contributed by atoms with Crippen LogP contribution in [0.5, 0.6) is 17.2 Å². The van der Waals surface area contributed by atoms with Crippen molar-refractivity contribution in [1.82, 2.24) is 4.98 Å². The van der Waals surface area contributed by atoms with Gasteiger partial charge in [0.15, 0.2) is 0 Å². The average Bonchev–Trinajstić information content (AvgIpc) is 3.23. The van der Waals surface area contributed by atoms with Crippen molar-refractivity contribution < 1.29 is 18.6 Å². The summed E-state index contributed by atoms with van der Waals surface area (Å²) >= 11 is 0. The number of nitrogens with one attached hydrogen (secondary N) is 1. The third-order valence-corrected chi connectivity index (χ3v) is 4.98. The Morgan fingerprint density at radius 3 is 2.52 bits per heavy atom. The van der Waals surface area contributed by atoms with Crippen LogP contribution in [0.3, 0.4) is 0 Å². The Balaban J connectivity index is 1.49. The predicted octanol–water partition coefficient (Wildman–Crippen LogP) is 5.69. The van der Waals surface area contributed by atoms with Gasteiger partial charge in [0, 0.05) is 5.56 Å². The number of nitrogens with zero attached hydrogens (tertiary/aromatic N) is 2. The minimum absolute atomic E-state index is 0.249. The number of para-hydroxylation sites is 2. The van der Waals surface area contributed by atoms with E-state index in [9.17, 15) is 0 Å². The van der Waals surface area contributed by atoms with E-state index in [1.807, 2.05) is 79.7 Å². The van der Waals surface area contributed by atoms with Gasteiger partial charge in [0.1, 0.15) is 35.3 Å². The summed E-state index contributed by atoms with van der Waals surface area (Å²) in [6.45, 7) is 2.11. The Morgan fingerprint density at radius 2 is 1.73 bits per heavy atom. The van der Waals surface area contributed by atoms with Crippen molar-refractivity contribution in [2.24, 2.45) is 5.10 Å². The van der Waals surface area contributed by atoms with Gasteiger partial charge in [0.2, 0.25) is 5.89 Å². The maximum atomic E-state index is 6.06. The Morgan fingerprint density at radius 1 is 0.939 bits per heavy atom. The lowest BCUT2D eigenvalue weighted by atomic mass is 10.2. The largest absolute Gasteiger partial charge is 0.497 e. The number of aromatic nitrogens is 1. The molecule has 0 aliphatic carbocycles. The Labute approximate surface area is 192 Å². The van der Waals surface area contributed by atoms with Crippen LogP contribution < -0.4 is 19.6 Å². The van der Waals surface area contributed by atoms with Gasteiger partial charge in [0.05, 0.1) is 31.7 Å². The zero-order valence-corrected chi connectivity index (χ0v) is 18.7. The Hall–Kier alpha value is -4.26. The highest BCUT2D eigenvalue weighted by Gasteiger charge is 2.17. The van der Waals surface area contributed by atoms with Gasteiger partial charge in [-0.25, -0.2) is 4.98 Å². The summed E-state index contributed by atoms with van der Waals surface area (Å²) in [4.78, 5) is 4.64. The molecule has 0 amide bonds. The number of hydrogen-bond donors (Lipinski definition) is 1. The molecular formula is C26H25N3O4. The second-order valence-corrected chi connectivity index (χ2v) is 7.15. The van der Waals surface area contributed by atoms with Gasteiger partial charge in [-0.05, 0) is 49.4 Å². The lowest BCUT2D eigenvalue weighted by Gasteiger charge is -2.08. The van der Waals surface area contributed by atoms with Crippen LogP contribution in [0.2, 0.25) is 0 Å². The SMILES string of the molecule is COc1ccc(OC)c(-c2nc(COc3ccccc3C=NNc3ccccc3)c(C)o2)c1. The van der Waals surface area contributed by atoms with E-state index in [2.05, 4.69) is 15.5 Å². The van der Waals surface area contributed by atoms with Gasteiger partial charge >= 0.3 is 0 Å². The first-order valence-electron chi connectivity index (χ1n) is 10.4. The fourth-order valence-electron chi connectivity index (χ4n) is 3.21. The number of rotatable bonds is 9. The molecule has 1 N–H and O–H groups in total. The quantitative estimate of drug-likeness (QED) is 0.264. The summed E-state index contributed by atoms with van der Waals surface area (Å²) in [6, 6.07) is 22.9. The van der Waals surface area contributed by atoms with E-state index in [0.29, 0.717) is 40.2 Å². The molecule has 33 heavy (non-hydrogen) atoms. The summed E-state index contributed by atoms with van der Waals surface area (Å²) in [6.07, 6.45) is 1.73. The van der Waals surface area contributed by atoms with E-state index in [4.69, 9.17) is 18.6 Å². The monoisotopic (exact) mass is 443 g/mol. The maximum Gasteiger partial charge on any atom is 0.230 e. The van der Waals surface area contributed by atoms with Crippen LogP contribution >= 0.6 is 0 Å². The highest BCUT2D eigenvalue weighted by Crippen LogP contribution is 2.34. The molecule has 0 unspecified atom stereocenters. The second-order valence-electron chi connectivity index (χ2n) is 7.15. The highest BCUT2D eigenvalue weighted by atomic mass is 16.5. The number of benzene rings is 3. The molecule has 0 aliphatic heterocycles. The van der Waals surface area contributed by atoms with Crippen molar-refractivity contribution in [3.63, 3.8) is 0 Å². The fourth-order valence-corrected chi connectivity index (χ4v) is 3.21. The fraction of sp³-hybridized carbons (Fsp3) is 0.154. The minimum atomic E-state index is 0.249. The molecule has 0 aliphatic rings. The number of aryl methyl sites for hydroxylation is 1. The molecule has 1 heterocycles. The molecule has 0 bridgehead atoms. The number of hydrazone groups is 1. The van der Waals surface area contributed by atoms with Gasteiger partial charge < -0.3 is 18.6 Å². The first kappa shape index (κ1) is 22.0. The first-order valence-corrected chi connectivity index (χ1v) is 10.4. The lowest BCUT2D eigenvalue weighted by Crippen LogP contribution is -2.00. The number of methoxy groups -OCH3 is 2. The van der Waals surface area contributed by atoms with Crippen LogP contribution in [0.1, 0.15) is 17.0 Å². The van der Waals surface area contributed by atoms with Gasteiger partial charge in [-0.15, -0.1) is 0 Å². The number of oxazole rings is 1. The zero-order valence-electron chi connectivity index (χ0n) is 18.7. The first-order chi connectivity index (χ1) is 16.2. The molecule has 4 aromatic rings. The van der Waals surface area contributed by atoms with Gasteiger partial charge in [-0.2, -0.15) is 5.10 Å². The number of ether oxygens (including phenoxy) is 3. The summed E-state index contributed by atoms with van der Waals surface area (Å²) < 4.78 is 22.8. The summed E-state index contributed by atoms with van der Waals surface area (Å²) in [7, 11) is 3.22. The van der Waals surface area contributed by atoms with Gasteiger partial charge in [-0.3, -0.25) is 5.43 Å². The van der Waals surface area contributed by atoms with E-state index < -0.39 is 0 Å². The maximum absolute atomic E-state index is 6.06. The third kappa shape index (κ3) is 5.33. The van der Waals surface area contributed by atoms with Crippen LogP contribution in [-0.4, -0.2) is 25.4 Å². The van der Waals surface area contributed by atoms with Crippen molar-refractivity contribution in [3.8, 4) is 28.7 Å². The molecule has 7 heteroatoms. The van der Waals surface area contributed by atoms with E-state index in [1.54, 1.807) is 20.4 Å². The van der Waals surface area contributed by atoms with E-state index in [1.165, 1.54) is 0 Å². The second kappa shape index (κ2) is 10.4. The smallest absolute Gasteiger partial charge is 0.230 e. The Kier molecular flexibility index (Phi) is 6.90.